The van der Waals surface area contributed by atoms with Crippen LogP contribution in [0.4, 0.5) is 8.78 Å². The van der Waals surface area contributed by atoms with E-state index in [4.69, 9.17) is 0 Å². The van der Waals surface area contributed by atoms with Crippen molar-refractivity contribution < 1.29 is 18.3 Å². The fourth-order valence-electron chi connectivity index (χ4n) is 1.84. The average molecular weight is 206 g/mol. The Kier molecular flexibility index (Phi) is 3.84. The third-order valence-electron chi connectivity index (χ3n) is 2.67. The maximum atomic E-state index is 13.4. The molecule has 0 unspecified atom stereocenters. The molecule has 14 heavy (non-hydrogen) atoms. The van der Waals surface area contributed by atoms with Gasteiger partial charge in [-0.25, -0.2) is 8.78 Å². The Morgan fingerprint density at radius 1 is 1.36 bits per heavy atom. The first-order valence-corrected chi connectivity index (χ1v) is 5.03. The van der Waals surface area contributed by atoms with Crippen LogP contribution in [0.2, 0.25) is 0 Å². The van der Waals surface area contributed by atoms with E-state index in [0.717, 1.165) is 26.2 Å². The smallest absolute Gasteiger partial charge is 0.302 e. The lowest BCUT2D eigenvalue weighted by molar-refractivity contribution is -0.161. The molecule has 2 nitrogen and oxygen atoms in total. The van der Waals surface area contributed by atoms with E-state index in [9.17, 15) is 13.6 Å². The Morgan fingerprint density at radius 3 is 2.43 bits per heavy atom. The average Bonchev–Trinajstić information content (AvgIpc) is 2.16. The maximum absolute atomic E-state index is 13.4. The zero-order valence-electron chi connectivity index (χ0n) is 8.39. The maximum Gasteiger partial charge on any atom is 0.302 e. The van der Waals surface area contributed by atoms with Gasteiger partial charge in [-0.05, 0) is 12.8 Å². The fourth-order valence-corrected chi connectivity index (χ4v) is 1.84. The zero-order valence-corrected chi connectivity index (χ0v) is 8.39. The van der Waals surface area contributed by atoms with Gasteiger partial charge in [-0.3, -0.25) is 4.79 Å². The molecule has 0 spiro atoms. The van der Waals surface area contributed by atoms with Crippen LogP contribution < -0.4 is 0 Å². The highest BCUT2D eigenvalue weighted by atomic mass is 19.3. The third-order valence-corrected chi connectivity index (χ3v) is 2.67. The predicted molar refractivity (Wildman–Crippen MR) is 48.2 cm³/mol. The Morgan fingerprint density at radius 2 is 1.93 bits per heavy atom. The molecule has 4 heteroatoms. The number of carbonyl (C=O) groups excluding carboxylic acids is 1. The van der Waals surface area contributed by atoms with Gasteiger partial charge in [0.15, 0.2) is 6.61 Å². The van der Waals surface area contributed by atoms with Gasteiger partial charge < -0.3 is 4.74 Å². The molecule has 0 aromatic heterocycles. The minimum Gasteiger partial charge on any atom is -0.459 e. The molecule has 1 rings (SSSR count). The summed E-state index contributed by atoms with van der Waals surface area (Å²) in [6.45, 7) is 0.393. The molecule has 0 bridgehead atoms. The second-order valence-electron chi connectivity index (χ2n) is 3.88. The first-order chi connectivity index (χ1) is 6.52. The highest BCUT2D eigenvalue weighted by Gasteiger charge is 2.40. The molecule has 0 aromatic rings. The molecule has 0 aromatic carbocycles. The third kappa shape index (κ3) is 3.24. The summed E-state index contributed by atoms with van der Waals surface area (Å²) in [4.78, 5) is 10.4. The van der Waals surface area contributed by atoms with Crippen molar-refractivity contribution >= 4 is 5.97 Å². The minimum absolute atomic E-state index is 0.550. The summed E-state index contributed by atoms with van der Waals surface area (Å²) in [6.07, 6.45) is 3.86. The monoisotopic (exact) mass is 206 g/mol. The Hall–Kier alpha value is -0.670. The van der Waals surface area contributed by atoms with Gasteiger partial charge in [-0.2, -0.15) is 0 Å². The van der Waals surface area contributed by atoms with Gasteiger partial charge in [-0.1, -0.05) is 19.3 Å². The minimum atomic E-state index is -2.84. The number of hydrogen-bond acceptors (Lipinski definition) is 2. The fraction of sp³-hybridized carbons (Fsp3) is 0.900. The largest absolute Gasteiger partial charge is 0.459 e. The van der Waals surface area contributed by atoms with E-state index in [-0.39, 0.29) is 0 Å². The normalized spacial score (nSPS) is 19.4. The molecule has 82 valence electrons. The number of esters is 1. The van der Waals surface area contributed by atoms with Crippen LogP contribution >= 0.6 is 0 Å². The van der Waals surface area contributed by atoms with Crippen molar-refractivity contribution in [3.8, 4) is 0 Å². The zero-order chi connectivity index (χ0) is 10.6. The molecule has 0 radical (unpaired) electrons. The second-order valence-corrected chi connectivity index (χ2v) is 3.88. The van der Waals surface area contributed by atoms with Gasteiger partial charge in [0.1, 0.15) is 0 Å². The number of hydrogen-bond donors (Lipinski definition) is 0. The molecular weight excluding hydrogens is 190 g/mol. The molecule has 0 N–H and O–H groups in total. The van der Waals surface area contributed by atoms with Crippen LogP contribution in [-0.4, -0.2) is 18.5 Å². The van der Waals surface area contributed by atoms with Crippen molar-refractivity contribution in [2.45, 2.75) is 45.0 Å². The number of rotatable bonds is 3. The molecule has 1 saturated carbocycles. The lowest BCUT2D eigenvalue weighted by atomic mass is 9.85. The van der Waals surface area contributed by atoms with Crippen LogP contribution in [0.1, 0.15) is 39.0 Å². The van der Waals surface area contributed by atoms with Crippen LogP contribution in [-0.2, 0) is 9.53 Å². The second kappa shape index (κ2) is 4.71. The first kappa shape index (κ1) is 11.4. The first-order valence-electron chi connectivity index (χ1n) is 5.03. The van der Waals surface area contributed by atoms with E-state index < -0.39 is 24.4 Å². The Bertz CT molecular complexity index is 198. The van der Waals surface area contributed by atoms with Crippen molar-refractivity contribution in [1.82, 2.24) is 0 Å². The van der Waals surface area contributed by atoms with E-state index in [0.29, 0.717) is 12.8 Å². The molecule has 1 aliphatic carbocycles. The van der Waals surface area contributed by atoms with Crippen LogP contribution in [0.3, 0.4) is 0 Å². The number of alkyl halides is 2. The predicted octanol–water partition coefficient (Wildman–Crippen LogP) is 2.77. The summed E-state index contributed by atoms with van der Waals surface area (Å²) in [5.74, 6) is -4.08. The molecule has 0 atom stereocenters. The summed E-state index contributed by atoms with van der Waals surface area (Å²) in [7, 11) is 0. The molecule has 1 fully saturated rings. The molecule has 0 heterocycles. The highest BCUT2D eigenvalue weighted by Crippen LogP contribution is 2.36. The Labute approximate surface area is 82.6 Å². The van der Waals surface area contributed by atoms with Gasteiger partial charge in [0, 0.05) is 12.8 Å². The van der Waals surface area contributed by atoms with E-state index in [1.807, 2.05) is 0 Å². The Balaban J connectivity index is 2.41. The van der Waals surface area contributed by atoms with Gasteiger partial charge in [0.25, 0.3) is 5.92 Å². The topological polar surface area (TPSA) is 26.3 Å². The van der Waals surface area contributed by atoms with E-state index in [1.54, 1.807) is 0 Å². The molecule has 1 aliphatic rings. The highest BCUT2D eigenvalue weighted by molar-refractivity contribution is 5.65. The number of halogens is 2. The van der Waals surface area contributed by atoms with Crippen LogP contribution in [0.5, 0.6) is 0 Å². The summed E-state index contributed by atoms with van der Waals surface area (Å²) < 4.78 is 31.2. The molecular formula is C10H16F2O2. The summed E-state index contributed by atoms with van der Waals surface area (Å²) in [5.41, 5.74) is 0. The van der Waals surface area contributed by atoms with Crippen LogP contribution in [0.25, 0.3) is 0 Å². The van der Waals surface area contributed by atoms with Crippen LogP contribution in [0.15, 0.2) is 0 Å². The van der Waals surface area contributed by atoms with Crippen molar-refractivity contribution in [2.24, 2.45) is 5.92 Å². The summed E-state index contributed by atoms with van der Waals surface area (Å²) >= 11 is 0. The van der Waals surface area contributed by atoms with Gasteiger partial charge in [-0.15, -0.1) is 0 Å². The lowest BCUT2D eigenvalue weighted by Crippen LogP contribution is -2.35. The van der Waals surface area contributed by atoms with E-state index in [2.05, 4.69) is 4.74 Å². The van der Waals surface area contributed by atoms with Crippen molar-refractivity contribution in [1.29, 1.82) is 0 Å². The van der Waals surface area contributed by atoms with Crippen molar-refractivity contribution in [2.75, 3.05) is 6.61 Å². The van der Waals surface area contributed by atoms with Gasteiger partial charge >= 0.3 is 5.97 Å². The summed E-state index contributed by atoms with van der Waals surface area (Å²) in [5, 5.41) is 0. The molecule has 0 amide bonds. The number of ether oxygens (including phenoxy) is 1. The molecule has 0 aliphatic heterocycles. The SMILES string of the molecule is CC(=O)OCC(F)(F)C1CCCCC1. The quantitative estimate of drug-likeness (QED) is 0.664. The van der Waals surface area contributed by atoms with E-state index >= 15 is 0 Å². The number of carbonyl (C=O) groups is 1. The molecule has 0 saturated heterocycles. The standard InChI is InChI=1S/C10H16F2O2/c1-8(13)14-7-10(11,12)9-5-3-2-4-6-9/h9H,2-7H2,1H3. The van der Waals surface area contributed by atoms with Gasteiger partial charge in [0.05, 0.1) is 0 Å². The van der Waals surface area contributed by atoms with Gasteiger partial charge in [0.2, 0.25) is 0 Å². The van der Waals surface area contributed by atoms with Crippen LogP contribution in [0, 0.1) is 5.92 Å². The lowest BCUT2D eigenvalue weighted by Gasteiger charge is -2.29. The van der Waals surface area contributed by atoms with Crippen molar-refractivity contribution in [3.63, 3.8) is 0 Å². The van der Waals surface area contributed by atoms with Crippen molar-refractivity contribution in [3.05, 3.63) is 0 Å². The summed E-state index contributed by atoms with van der Waals surface area (Å²) in [6, 6.07) is 0. The van der Waals surface area contributed by atoms with E-state index in [1.165, 1.54) is 0 Å².